The molecule has 0 spiro atoms. The zero-order valence-electron chi connectivity index (χ0n) is 19.1. The SMILES string of the molecule is Cc1ccc2c(OCCN3CCC(Oc4ccc5c(c4)N(C)C(=O)CO5)CC3)cccc2n1. The number of carbonyl (C=O) groups excluding carboxylic acids is 1. The monoisotopic (exact) mass is 447 g/mol. The molecular weight excluding hydrogens is 418 g/mol. The van der Waals surface area contributed by atoms with Crippen molar-refractivity contribution in [1.82, 2.24) is 9.88 Å². The highest BCUT2D eigenvalue weighted by Gasteiger charge is 2.24. The zero-order valence-corrected chi connectivity index (χ0v) is 19.1. The van der Waals surface area contributed by atoms with Crippen molar-refractivity contribution in [1.29, 1.82) is 0 Å². The van der Waals surface area contributed by atoms with Crippen LogP contribution in [0.25, 0.3) is 10.9 Å². The number of rotatable bonds is 6. The second kappa shape index (κ2) is 9.27. The first kappa shape index (κ1) is 21.5. The van der Waals surface area contributed by atoms with Gasteiger partial charge in [-0.05, 0) is 56.2 Å². The number of fused-ring (bicyclic) bond motifs is 2. The van der Waals surface area contributed by atoms with E-state index in [2.05, 4.69) is 16.0 Å². The van der Waals surface area contributed by atoms with Crippen LogP contribution in [0.3, 0.4) is 0 Å². The molecule has 1 amide bonds. The molecule has 1 aromatic heterocycles. The van der Waals surface area contributed by atoms with Gasteiger partial charge in [0.25, 0.3) is 5.91 Å². The van der Waals surface area contributed by atoms with E-state index in [-0.39, 0.29) is 18.6 Å². The summed E-state index contributed by atoms with van der Waals surface area (Å²) in [6.07, 6.45) is 2.08. The summed E-state index contributed by atoms with van der Waals surface area (Å²) < 4.78 is 17.8. The van der Waals surface area contributed by atoms with Crippen LogP contribution in [0.4, 0.5) is 5.69 Å². The highest BCUT2D eigenvalue weighted by Crippen LogP contribution is 2.35. The fourth-order valence-electron chi connectivity index (χ4n) is 4.41. The van der Waals surface area contributed by atoms with Crippen LogP contribution in [-0.2, 0) is 4.79 Å². The van der Waals surface area contributed by atoms with E-state index in [1.165, 1.54) is 0 Å². The number of hydrogen-bond acceptors (Lipinski definition) is 6. The lowest BCUT2D eigenvalue weighted by Crippen LogP contribution is -2.40. The number of likely N-dealkylation sites (tertiary alicyclic amines) is 1. The number of ether oxygens (including phenoxy) is 3. The van der Waals surface area contributed by atoms with Gasteiger partial charge in [0, 0.05) is 43.8 Å². The summed E-state index contributed by atoms with van der Waals surface area (Å²) in [5.41, 5.74) is 2.74. The molecule has 3 aromatic rings. The number of benzene rings is 2. The normalized spacial score (nSPS) is 17.0. The standard InChI is InChI=1S/C26H29N3O4/c1-18-6-8-21-22(27-18)4-3-5-24(21)31-15-14-29-12-10-19(11-13-29)33-20-7-9-25-23(16-20)28(2)26(30)17-32-25/h3-9,16,19H,10-15,17H2,1-2H3. The Morgan fingerprint density at radius 1 is 1.12 bits per heavy atom. The van der Waals surface area contributed by atoms with Gasteiger partial charge in [0.2, 0.25) is 0 Å². The lowest BCUT2D eigenvalue weighted by molar-refractivity contribution is -0.120. The first-order valence-electron chi connectivity index (χ1n) is 11.5. The Morgan fingerprint density at radius 2 is 1.97 bits per heavy atom. The molecule has 7 heteroatoms. The van der Waals surface area contributed by atoms with E-state index >= 15 is 0 Å². The van der Waals surface area contributed by atoms with Gasteiger partial charge in [-0.15, -0.1) is 0 Å². The van der Waals surface area contributed by atoms with Crippen LogP contribution in [0.2, 0.25) is 0 Å². The van der Waals surface area contributed by atoms with Gasteiger partial charge in [0.15, 0.2) is 6.61 Å². The van der Waals surface area contributed by atoms with Crippen LogP contribution >= 0.6 is 0 Å². The van der Waals surface area contributed by atoms with E-state index < -0.39 is 0 Å². The average molecular weight is 448 g/mol. The lowest BCUT2D eigenvalue weighted by Gasteiger charge is -2.32. The molecule has 0 atom stereocenters. The van der Waals surface area contributed by atoms with Crippen LogP contribution < -0.4 is 19.1 Å². The Labute approximate surface area is 193 Å². The van der Waals surface area contributed by atoms with Gasteiger partial charge in [-0.1, -0.05) is 6.07 Å². The Morgan fingerprint density at radius 3 is 2.82 bits per heavy atom. The maximum atomic E-state index is 11.9. The van der Waals surface area contributed by atoms with Crippen molar-refractivity contribution in [2.45, 2.75) is 25.9 Å². The molecule has 33 heavy (non-hydrogen) atoms. The highest BCUT2D eigenvalue weighted by molar-refractivity contribution is 5.97. The Hall–Kier alpha value is -3.32. The molecule has 3 heterocycles. The molecule has 0 bridgehead atoms. The fraction of sp³-hybridized carbons (Fsp3) is 0.385. The third-order valence-electron chi connectivity index (χ3n) is 6.35. The van der Waals surface area contributed by atoms with Crippen LogP contribution in [-0.4, -0.2) is 61.8 Å². The summed E-state index contributed by atoms with van der Waals surface area (Å²) in [4.78, 5) is 20.5. The highest BCUT2D eigenvalue weighted by atomic mass is 16.5. The van der Waals surface area contributed by atoms with Crippen LogP contribution in [0, 0.1) is 6.92 Å². The Bertz CT molecular complexity index is 1160. The molecule has 5 rings (SSSR count). The molecule has 2 aliphatic heterocycles. The van der Waals surface area contributed by atoms with Crippen molar-refractivity contribution in [3.63, 3.8) is 0 Å². The van der Waals surface area contributed by atoms with Gasteiger partial charge in [0.1, 0.15) is 30.0 Å². The molecule has 172 valence electrons. The Balaban J connectivity index is 1.11. The van der Waals surface area contributed by atoms with E-state index in [4.69, 9.17) is 14.2 Å². The number of anilines is 1. The van der Waals surface area contributed by atoms with Gasteiger partial charge in [-0.3, -0.25) is 14.7 Å². The second-order valence-corrected chi connectivity index (χ2v) is 8.65. The first-order chi connectivity index (χ1) is 16.1. The molecule has 0 N–H and O–H groups in total. The minimum atomic E-state index is -0.0509. The smallest absolute Gasteiger partial charge is 0.264 e. The predicted molar refractivity (Wildman–Crippen MR) is 127 cm³/mol. The topological polar surface area (TPSA) is 64.1 Å². The summed E-state index contributed by atoms with van der Waals surface area (Å²) in [7, 11) is 1.77. The molecule has 0 unspecified atom stereocenters. The number of carbonyl (C=O) groups is 1. The molecule has 0 radical (unpaired) electrons. The van der Waals surface area contributed by atoms with Crippen molar-refractivity contribution in [2.24, 2.45) is 0 Å². The average Bonchev–Trinajstić information content (AvgIpc) is 2.83. The van der Waals surface area contributed by atoms with E-state index in [1.807, 2.05) is 49.4 Å². The molecule has 0 saturated carbocycles. The van der Waals surface area contributed by atoms with Crippen molar-refractivity contribution in [3.05, 3.63) is 54.2 Å². The molecule has 2 aromatic carbocycles. The number of nitrogens with zero attached hydrogens (tertiary/aromatic N) is 3. The van der Waals surface area contributed by atoms with Gasteiger partial charge in [0.05, 0.1) is 11.2 Å². The third kappa shape index (κ3) is 4.73. The number of aromatic nitrogens is 1. The maximum absolute atomic E-state index is 11.9. The largest absolute Gasteiger partial charge is 0.492 e. The molecule has 7 nitrogen and oxygen atoms in total. The van der Waals surface area contributed by atoms with E-state index in [9.17, 15) is 4.79 Å². The summed E-state index contributed by atoms with van der Waals surface area (Å²) in [5, 5.41) is 1.05. The molecule has 1 fully saturated rings. The summed E-state index contributed by atoms with van der Waals surface area (Å²) in [6.45, 7) is 5.55. The molecule has 1 saturated heterocycles. The summed E-state index contributed by atoms with van der Waals surface area (Å²) in [6, 6.07) is 15.8. The summed E-state index contributed by atoms with van der Waals surface area (Å²) >= 11 is 0. The van der Waals surface area contributed by atoms with Crippen molar-refractivity contribution in [3.8, 4) is 17.2 Å². The van der Waals surface area contributed by atoms with Crippen LogP contribution in [0.15, 0.2) is 48.5 Å². The second-order valence-electron chi connectivity index (χ2n) is 8.65. The van der Waals surface area contributed by atoms with Gasteiger partial charge >= 0.3 is 0 Å². The zero-order chi connectivity index (χ0) is 22.8. The molecular formula is C26H29N3O4. The number of pyridine rings is 1. The van der Waals surface area contributed by atoms with Gasteiger partial charge < -0.3 is 19.1 Å². The third-order valence-corrected chi connectivity index (χ3v) is 6.35. The van der Waals surface area contributed by atoms with Crippen LogP contribution in [0.5, 0.6) is 17.2 Å². The Kier molecular flexibility index (Phi) is 6.05. The maximum Gasteiger partial charge on any atom is 0.264 e. The molecule has 0 aliphatic carbocycles. The van der Waals surface area contributed by atoms with Gasteiger partial charge in [-0.25, -0.2) is 0 Å². The van der Waals surface area contributed by atoms with Crippen molar-refractivity contribution >= 4 is 22.5 Å². The fourth-order valence-corrected chi connectivity index (χ4v) is 4.41. The van der Waals surface area contributed by atoms with Crippen molar-refractivity contribution < 1.29 is 19.0 Å². The lowest BCUT2D eigenvalue weighted by atomic mass is 10.1. The number of piperidine rings is 1. The van der Waals surface area contributed by atoms with Crippen LogP contribution in [0.1, 0.15) is 18.5 Å². The van der Waals surface area contributed by atoms with E-state index in [1.54, 1.807) is 11.9 Å². The number of amides is 1. The predicted octanol–water partition coefficient (Wildman–Crippen LogP) is 3.82. The first-order valence-corrected chi connectivity index (χ1v) is 11.5. The number of hydrogen-bond donors (Lipinski definition) is 0. The number of likely N-dealkylation sites (N-methyl/N-ethyl adjacent to an activating group) is 1. The summed E-state index contributed by atoms with van der Waals surface area (Å²) in [5.74, 6) is 2.33. The molecule has 2 aliphatic rings. The van der Waals surface area contributed by atoms with Crippen molar-refractivity contribution in [2.75, 3.05) is 44.8 Å². The van der Waals surface area contributed by atoms with Gasteiger partial charge in [-0.2, -0.15) is 0 Å². The van der Waals surface area contributed by atoms with E-state index in [0.29, 0.717) is 6.61 Å². The number of aryl methyl sites for hydroxylation is 1. The minimum Gasteiger partial charge on any atom is -0.492 e. The minimum absolute atomic E-state index is 0.0509. The quantitative estimate of drug-likeness (QED) is 0.573. The van der Waals surface area contributed by atoms with E-state index in [0.717, 1.165) is 72.0 Å².